The first-order valence-corrected chi connectivity index (χ1v) is 9.40. The number of rotatable bonds is 3. The average Bonchev–Trinajstić information content (AvgIpc) is 2.87. The first-order valence-electron chi connectivity index (χ1n) is 7.62. The van der Waals surface area contributed by atoms with Crippen LogP contribution >= 0.6 is 27.7 Å². The quantitative estimate of drug-likeness (QED) is 0.851. The first kappa shape index (κ1) is 16.5. The van der Waals surface area contributed by atoms with Gasteiger partial charge in [-0.15, -0.1) is 0 Å². The number of thioether (sulfide) groups is 1. The SMILES string of the molecule is O=C(N[C@H]1CCCC[C@@H]1N1C(=O)CSC1=O)c1ccccc1Br. The third-order valence-electron chi connectivity index (χ3n) is 4.28. The van der Waals surface area contributed by atoms with Gasteiger partial charge in [-0.25, -0.2) is 0 Å². The average molecular weight is 397 g/mol. The van der Waals surface area contributed by atoms with E-state index < -0.39 is 0 Å². The van der Waals surface area contributed by atoms with E-state index in [-0.39, 0.29) is 34.9 Å². The van der Waals surface area contributed by atoms with Crippen molar-refractivity contribution in [3.8, 4) is 0 Å². The van der Waals surface area contributed by atoms with E-state index in [1.807, 2.05) is 18.2 Å². The first-order chi connectivity index (χ1) is 11.1. The Balaban J connectivity index is 1.77. The molecule has 0 bridgehead atoms. The van der Waals surface area contributed by atoms with Crippen LogP contribution in [0.3, 0.4) is 0 Å². The predicted molar refractivity (Wildman–Crippen MR) is 92.4 cm³/mol. The van der Waals surface area contributed by atoms with Crippen LogP contribution < -0.4 is 5.32 Å². The van der Waals surface area contributed by atoms with Gasteiger partial charge in [0.05, 0.1) is 23.4 Å². The molecule has 23 heavy (non-hydrogen) atoms. The number of halogens is 1. The van der Waals surface area contributed by atoms with Crippen LogP contribution in [0.1, 0.15) is 36.0 Å². The summed E-state index contributed by atoms with van der Waals surface area (Å²) < 4.78 is 0.730. The van der Waals surface area contributed by atoms with Gasteiger partial charge in [-0.1, -0.05) is 36.7 Å². The van der Waals surface area contributed by atoms with Crippen LogP contribution in [0.25, 0.3) is 0 Å². The molecule has 0 spiro atoms. The molecule has 7 heteroatoms. The highest BCUT2D eigenvalue weighted by Crippen LogP contribution is 2.30. The van der Waals surface area contributed by atoms with Crippen LogP contribution in [0.4, 0.5) is 4.79 Å². The highest BCUT2D eigenvalue weighted by Gasteiger charge is 2.41. The molecule has 3 rings (SSSR count). The third-order valence-corrected chi connectivity index (χ3v) is 5.81. The molecule has 1 heterocycles. The zero-order valence-corrected chi connectivity index (χ0v) is 14.9. The van der Waals surface area contributed by atoms with Crippen molar-refractivity contribution in [1.82, 2.24) is 10.2 Å². The summed E-state index contributed by atoms with van der Waals surface area (Å²) in [5.74, 6) is -0.117. The zero-order valence-electron chi connectivity index (χ0n) is 12.5. The molecule has 0 unspecified atom stereocenters. The summed E-state index contributed by atoms with van der Waals surface area (Å²) in [5.41, 5.74) is 0.560. The van der Waals surface area contributed by atoms with Gasteiger partial charge in [0.25, 0.3) is 11.1 Å². The van der Waals surface area contributed by atoms with Crippen molar-refractivity contribution in [2.75, 3.05) is 5.75 Å². The number of imide groups is 1. The number of hydrogen-bond donors (Lipinski definition) is 1. The molecule has 2 fully saturated rings. The van der Waals surface area contributed by atoms with Crippen molar-refractivity contribution in [2.45, 2.75) is 37.8 Å². The number of nitrogens with one attached hydrogen (secondary N) is 1. The fourth-order valence-corrected chi connectivity index (χ4v) is 4.39. The molecular weight excluding hydrogens is 380 g/mol. The lowest BCUT2D eigenvalue weighted by molar-refractivity contribution is -0.127. The Morgan fingerprint density at radius 2 is 1.96 bits per heavy atom. The van der Waals surface area contributed by atoms with Gasteiger partial charge in [0.2, 0.25) is 5.91 Å². The summed E-state index contributed by atoms with van der Waals surface area (Å²) >= 11 is 4.42. The highest BCUT2D eigenvalue weighted by molar-refractivity contribution is 9.10. The van der Waals surface area contributed by atoms with E-state index in [4.69, 9.17) is 0 Å². The second kappa shape index (κ2) is 7.05. The van der Waals surface area contributed by atoms with Gasteiger partial charge in [0.15, 0.2) is 0 Å². The van der Waals surface area contributed by atoms with Crippen LogP contribution in [0.5, 0.6) is 0 Å². The molecule has 1 aliphatic heterocycles. The van der Waals surface area contributed by atoms with Crippen molar-refractivity contribution >= 4 is 44.7 Å². The molecule has 2 atom stereocenters. The predicted octanol–water partition coefficient (Wildman–Crippen LogP) is 3.19. The number of amides is 3. The van der Waals surface area contributed by atoms with E-state index in [1.165, 1.54) is 4.90 Å². The standard InChI is InChI=1S/C16H17BrN2O3S/c17-11-6-2-1-5-10(11)15(21)18-12-7-3-4-8-13(12)19-14(20)9-23-16(19)22/h1-2,5-6,12-13H,3-4,7-9H2,(H,18,21)/t12-,13-/m0/s1. The smallest absolute Gasteiger partial charge is 0.289 e. The van der Waals surface area contributed by atoms with Crippen molar-refractivity contribution in [1.29, 1.82) is 0 Å². The van der Waals surface area contributed by atoms with Gasteiger partial charge in [-0.3, -0.25) is 19.3 Å². The van der Waals surface area contributed by atoms with Crippen molar-refractivity contribution in [3.63, 3.8) is 0 Å². The molecule has 1 aromatic carbocycles. The molecule has 0 radical (unpaired) electrons. The maximum atomic E-state index is 12.5. The van der Waals surface area contributed by atoms with E-state index in [0.29, 0.717) is 5.56 Å². The second-order valence-corrected chi connectivity index (χ2v) is 7.51. The Bertz CT molecular complexity index is 636. The number of carbonyl (C=O) groups excluding carboxylic acids is 3. The Kier molecular flexibility index (Phi) is 5.06. The lowest BCUT2D eigenvalue weighted by Crippen LogP contribution is -2.54. The van der Waals surface area contributed by atoms with Crippen molar-refractivity contribution in [2.24, 2.45) is 0 Å². The molecule has 3 amide bonds. The Morgan fingerprint density at radius 3 is 2.65 bits per heavy atom. The molecule has 1 saturated heterocycles. The molecule has 2 aliphatic rings. The number of nitrogens with zero attached hydrogens (tertiary/aromatic N) is 1. The zero-order chi connectivity index (χ0) is 16.4. The minimum absolute atomic E-state index is 0.146. The maximum Gasteiger partial charge on any atom is 0.289 e. The van der Waals surface area contributed by atoms with Gasteiger partial charge in [-0.05, 0) is 40.9 Å². The topological polar surface area (TPSA) is 66.5 Å². The number of benzene rings is 1. The minimum atomic E-state index is -0.231. The van der Waals surface area contributed by atoms with Gasteiger partial charge in [-0.2, -0.15) is 0 Å². The van der Waals surface area contributed by atoms with E-state index in [1.54, 1.807) is 6.07 Å². The monoisotopic (exact) mass is 396 g/mol. The summed E-state index contributed by atoms with van der Waals surface area (Å²) in [6.45, 7) is 0. The normalized spacial score (nSPS) is 24.8. The molecule has 122 valence electrons. The van der Waals surface area contributed by atoms with Crippen molar-refractivity contribution in [3.05, 3.63) is 34.3 Å². The van der Waals surface area contributed by atoms with Crippen LogP contribution in [0.2, 0.25) is 0 Å². The molecular formula is C16H17BrN2O3S. The summed E-state index contributed by atoms with van der Waals surface area (Å²) in [6, 6.07) is 6.81. The number of hydrogen-bond acceptors (Lipinski definition) is 4. The second-order valence-electron chi connectivity index (χ2n) is 5.73. The largest absolute Gasteiger partial charge is 0.347 e. The highest BCUT2D eigenvalue weighted by atomic mass is 79.9. The van der Waals surface area contributed by atoms with Crippen LogP contribution in [-0.4, -0.2) is 39.8 Å². The molecule has 5 nitrogen and oxygen atoms in total. The van der Waals surface area contributed by atoms with Crippen LogP contribution in [0.15, 0.2) is 28.7 Å². The fraction of sp³-hybridized carbons (Fsp3) is 0.438. The summed E-state index contributed by atoms with van der Waals surface area (Å²) in [4.78, 5) is 37.9. The van der Waals surface area contributed by atoms with Crippen LogP contribution in [-0.2, 0) is 4.79 Å². The van der Waals surface area contributed by atoms with Gasteiger partial charge in [0.1, 0.15) is 0 Å². The molecule has 1 N–H and O–H groups in total. The van der Waals surface area contributed by atoms with Gasteiger partial charge < -0.3 is 5.32 Å². The molecule has 1 aliphatic carbocycles. The van der Waals surface area contributed by atoms with E-state index >= 15 is 0 Å². The Morgan fingerprint density at radius 1 is 1.22 bits per heavy atom. The Hall–Kier alpha value is -1.34. The number of carbonyl (C=O) groups is 3. The van der Waals surface area contributed by atoms with Gasteiger partial charge in [0, 0.05) is 4.47 Å². The lowest BCUT2D eigenvalue weighted by Gasteiger charge is -2.36. The third kappa shape index (κ3) is 3.45. The Labute approximate surface area is 147 Å². The maximum absolute atomic E-state index is 12.5. The molecule has 1 aromatic rings. The van der Waals surface area contributed by atoms with E-state index in [9.17, 15) is 14.4 Å². The minimum Gasteiger partial charge on any atom is -0.347 e. The van der Waals surface area contributed by atoms with Crippen LogP contribution in [0, 0.1) is 0 Å². The van der Waals surface area contributed by atoms with E-state index in [0.717, 1.165) is 41.9 Å². The van der Waals surface area contributed by atoms with Gasteiger partial charge >= 0.3 is 0 Å². The van der Waals surface area contributed by atoms with E-state index in [2.05, 4.69) is 21.2 Å². The lowest BCUT2D eigenvalue weighted by atomic mass is 9.89. The molecule has 1 saturated carbocycles. The van der Waals surface area contributed by atoms with Crippen molar-refractivity contribution < 1.29 is 14.4 Å². The fourth-order valence-electron chi connectivity index (χ4n) is 3.16. The summed E-state index contributed by atoms with van der Waals surface area (Å²) in [6.07, 6.45) is 3.48. The summed E-state index contributed by atoms with van der Waals surface area (Å²) in [7, 11) is 0. The summed E-state index contributed by atoms with van der Waals surface area (Å²) in [5, 5.41) is 2.83. The molecule has 0 aromatic heterocycles.